The Morgan fingerprint density at radius 3 is 2.67 bits per heavy atom. The lowest BCUT2D eigenvalue weighted by atomic mass is 10.1. The Labute approximate surface area is 163 Å². The molecule has 0 spiro atoms. The van der Waals surface area contributed by atoms with Gasteiger partial charge in [-0.25, -0.2) is 9.37 Å². The van der Waals surface area contributed by atoms with E-state index in [-0.39, 0.29) is 18.3 Å². The first-order valence-electron chi connectivity index (χ1n) is 8.49. The van der Waals surface area contributed by atoms with Gasteiger partial charge in [0.25, 0.3) is 5.91 Å². The molecule has 5 nitrogen and oxygen atoms in total. The molecule has 2 aromatic carbocycles. The zero-order valence-corrected chi connectivity index (χ0v) is 15.9. The van der Waals surface area contributed by atoms with Crippen LogP contribution in [0.5, 0.6) is 5.75 Å². The summed E-state index contributed by atoms with van der Waals surface area (Å²) in [7, 11) is 0. The molecule has 0 fully saturated rings. The molecule has 1 aromatic heterocycles. The summed E-state index contributed by atoms with van der Waals surface area (Å²) in [5.41, 5.74) is 1.31. The van der Waals surface area contributed by atoms with E-state index >= 15 is 0 Å². The average Bonchev–Trinajstić information content (AvgIpc) is 3.09. The van der Waals surface area contributed by atoms with Crippen LogP contribution in [0.1, 0.15) is 27.7 Å². The summed E-state index contributed by atoms with van der Waals surface area (Å²) in [5.74, 6) is 1.37. The van der Waals surface area contributed by atoms with Crippen molar-refractivity contribution < 1.29 is 18.3 Å². The minimum atomic E-state index is -0.363. The lowest BCUT2D eigenvalue weighted by Crippen LogP contribution is -2.35. The Balaban J connectivity index is 1.42. The molecule has 0 atom stereocenters. The van der Waals surface area contributed by atoms with Gasteiger partial charge in [-0.15, -0.1) is 0 Å². The van der Waals surface area contributed by atoms with Crippen LogP contribution in [0.25, 0.3) is 0 Å². The molecule has 3 aromatic rings. The Morgan fingerprint density at radius 2 is 1.93 bits per heavy atom. The van der Waals surface area contributed by atoms with Crippen molar-refractivity contribution in [2.24, 2.45) is 0 Å². The number of amides is 1. The number of carbonyl (C=O) groups excluding carboxylic acids is 1. The van der Waals surface area contributed by atoms with Gasteiger partial charge in [0, 0.05) is 23.0 Å². The summed E-state index contributed by atoms with van der Waals surface area (Å²) >= 11 is 3.38. The first-order chi connectivity index (χ1) is 13.1. The number of benzene rings is 2. The fourth-order valence-electron chi connectivity index (χ4n) is 2.93. The van der Waals surface area contributed by atoms with Crippen LogP contribution >= 0.6 is 15.9 Å². The molecule has 0 radical (unpaired) electrons. The van der Waals surface area contributed by atoms with Gasteiger partial charge < -0.3 is 14.1 Å². The maximum atomic E-state index is 13.0. The highest BCUT2D eigenvalue weighted by Crippen LogP contribution is 2.23. The second-order valence-electron chi connectivity index (χ2n) is 6.20. The number of oxazole rings is 1. The average molecular weight is 431 g/mol. The third kappa shape index (κ3) is 4.03. The second-order valence-corrected chi connectivity index (χ2v) is 7.12. The minimum Gasteiger partial charge on any atom is -0.484 e. The molecule has 0 saturated carbocycles. The summed E-state index contributed by atoms with van der Waals surface area (Å²) in [6, 6.07) is 13.1. The van der Waals surface area contributed by atoms with Crippen LogP contribution in [0.15, 0.2) is 57.4 Å². The molecule has 2 heterocycles. The number of carbonyl (C=O) groups is 1. The van der Waals surface area contributed by atoms with E-state index < -0.39 is 0 Å². The van der Waals surface area contributed by atoms with Gasteiger partial charge in [-0.3, -0.25) is 4.79 Å². The molecule has 1 aliphatic heterocycles. The molecular formula is C20H16BrFN2O3. The van der Waals surface area contributed by atoms with Crippen LogP contribution in [-0.2, 0) is 19.6 Å². The normalized spacial score (nSPS) is 13.3. The van der Waals surface area contributed by atoms with Gasteiger partial charge in [-0.2, -0.15) is 0 Å². The first-order valence-corrected chi connectivity index (χ1v) is 9.28. The Morgan fingerprint density at radius 1 is 1.19 bits per heavy atom. The monoisotopic (exact) mass is 430 g/mol. The van der Waals surface area contributed by atoms with Gasteiger partial charge in [0.2, 0.25) is 5.89 Å². The van der Waals surface area contributed by atoms with E-state index in [4.69, 9.17) is 9.15 Å². The van der Waals surface area contributed by atoms with Crippen LogP contribution in [0, 0.1) is 5.82 Å². The van der Waals surface area contributed by atoms with Crippen LogP contribution in [0.3, 0.4) is 0 Å². The zero-order chi connectivity index (χ0) is 18.8. The molecular weight excluding hydrogens is 415 g/mol. The van der Waals surface area contributed by atoms with Crippen molar-refractivity contribution >= 4 is 21.8 Å². The van der Waals surface area contributed by atoms with Gasteiger partial charge >= 0.3 is 0 Å². The maximum absolute atomic E-state index is 13.0. The van der Waals surface area contributed by atoms with E-state index in [1.807, 2.05) is 24.3 Å². The van der Waals surface area contributed by atoms with Crippen molar-refractivity contribution in [2.75, 3.05) is 6.54 Å². The highest BCUT2D eigenvalue weighted by Gasteiger charge is 2.26. The van der Waals surface area contributed by atoms with Gasteiger partial charge in [0.05, 0.1) is 12.2 Å². The van der Waals surface area contributed by atoms with Crippen molar-refractivity contribution in [1.29, 1.82) is 0 Å². The van der Waals surface area contributed by atoms with E-state index in [0.717, 1.165) is 15.9 Å². The van der Waals surface area contributed by atoms with Crippen LogP contribution in [0.2, 0.25) is 0 Å². The number of nitrogens with zero attached hydrogens (tertiary/aromatic N) is 2. The van der Waals surface area contributed by atoms with E-state index in [0.29, 0.717) is 36.7 Å². The largest absolute Gasteiger partial charge is 0.484 e. The number of hydrogen-bond donors (Lipinski definition) is 0. The Kier molecular flexibility index (Phi) is 4.94. The van der Waals surface area contributed by atoms with Gasteiger partial charge in [-0.1, -0.05) is 15.9 Å². The van der Waals surface area contributed by atoms with Crippen LogP contribution < -0.4 is 4.74 Å². The van der Waals surface area contributed by atoms with Gasteiger partial charge in [0.1, 0.15) is 17.3 Å². The highest BCUT2D eigenvalue weighted by molar-refractivity contribution is 9.10. The topological polar surface area (TPSA) is 55.6 Å². The Hall–Kier alpha value is -2.67. The van der Waals surface area contributed by atoms with E-state index in [2.05, 4.69) is 20.9 Å². The summed E-state index contributed by atoms with van der Waals surface area (Å²) in [5, 5.41) is 0. The van der Waals surface area contributed by atoms with Crippen molar-refractivity contribution in [3.63, 3.8) is 0 Å². The molecule has 1 aliphatic rings. The fourth-order valence-corrected chi connectivity index (χ4v) is 3.20. The van der Waals surface area contributed by atoms with Crippen molar-refractivity contribution in [3.8, 4) is 5.75 Å². The molecule has 0 saturated heterocycles. The minimum absolute atomic E-state index is 0.148. The molecule has 1 amide bonds. The van der Waals surface area contributed by atoms with Crippen molar-refractivity contribution in [3.05, 3.63) is 81.7 Å². The van der Waals surface area contributed by atoms with E-state index in [1.165, 1.54) is 24.3 Å². The second kappa shape index (κ2) is 7.52. The van der Waals surface area contributed by atoms with E-state index in [9.17, 15) is 9.18 Å². The van der Waals surface area contributed by atoms with E-state index in [1.54, 1.807) is 4.90 Å². The third-order valence-electron chi connectivity index (χ3n) is 4.33. The van der Waals surface area contributed by atoms with Crippen LogP contribution in [-0.4, -0.2) is 22.3 Å². The van der Waals surface area contributed by atoms with Crippen molar-refractivity contribution in [2.45, 2.75) is 19.6 Å². The predicted octanol–water partition coefficient (Wildman–Crippen LogP) is 4.35. The van der Waals surface area contributed by atoms with Gasteiger partial charge in [0.15, 0.2) is 6.61 Å². The standard InChI is InChI=1S/C20H16BrFN2O3/c21-14-3-7-16(8-4-14)26-12-19-23-17-9-10-24(11-18(17)27-19)20(25)13-1-5-15(22)6-2-13/h1-8H,9-12H2. The predicted molar refractivity (Wildman–Crippen MR) is 99.8 cm³/mol. The number of rotatable bonds is 4. The molecule has 138 valence electrons. The lowest BCUT2D eigenvalue weighted by molar-refractivity contribution is 0.0718. The SMILES string of the molecule is O=C(c1ccc(F)cc1)N1CCc2nc(COc3ccc(Br)cc3)oc2C1. The molecule has 0 bridgehead atoms. The summed E-state index contributed by atoms with van der Waals surface area (Å²) < 4.78 is 25.5. The fraction of sp³-hybridized carbons (Fsp3) is 0.200. The number of ether oxygens (including phenoxy) is 1. The molecule has 7 heteroatoms. The van der Waals surface area contributed by atoms with Crippen molar-refractivity contribution in [1.82, 2.24) is 9.88 Å². The lowest BCUT2D eigenvalue weighted by Gasteiger charge is -2.25. The molecule has 0 aliphatic carbocycles. The Bertz CT molecular complexity index is 954. The molecule has 0 unspecified atom stereocenters. The summed E-state index contributed by atoms with van der Waals surface area (Å²) in [6.45, 7) is 1.11. The van der Waals surface area contributed by atoms with Gasteiger partial charge in [-0.05, 0) is 48.5 Å². The first kappa shape index (κ1) is 17.7. The third-order valence-corrected chi connectivity index (χ3v) is 4.86. The zero-order valence-electron chi connectivity index (χ0n) is 14.3. The van der Waals surface area contributed by atoms with Crippen LogP contribution in [0.4, 0.5) is 4.39 Å². The highest BCUT2D eigenvalue weighted by atomic mass is 79.9. The quantitative estimate of drug-likeness (QED) is 0.617. The summed E-state index contributed by atoms with van der Waals surface area (Å²) in [4.78, 5) is 18.7. The summed E-state index contributed by atoms with van der Waals surface area (Å²) in [6.07, 6.45) is 0.615. The number of halogens is 2. The molecule has 0 N–H and O–H groups in total. The maximum Gasteiger partial charge on any atom is 0.254 e. The molecule has 4 rings (SSSR count). The number of hydrogen-bond acceptors (Lipinski definition) is 4. The number of aromatic nitrogens is 1. The number of fused-ring (bicyclic) bond motifs is 1. The smallest absolute Gasteiger partial charge is 0.254 e. The molecule has 27 heavy (non-hydrogen) atoms.